The summed E-state index contributed by atoms with van der Waals surface area (Å²) in [4.78, 5) is 14.0. The van der Waals surface area contributed by atoms with Crippen molar-refractivity contribution in [2.75, 3.05) is 13.8 Å². The van der Waals surface area contributed by atoms with Crippen LogP contribution in [0.1, 0.15) is 22.3 Å². The third-order valence-corrected chi connectivity index (χ3v) is 4.10. The van der Waals surface area contributed by atoms with E-state index in [9.17, 15) is 4.79 Å². The van der Waals surface area contributed by atoms with E-state index in [1.165, 1.54) is 11.1 Å². The average molecular weight is 323 g/mol. The molecule has 0 N–H and O–H groups in total. The molecule has 0 bridgehead atoms. The van der Waals surface area contributed by atoms with E-state index in [0.29, 0.717) is 12.3 Å². The lowest BCUT2D eigenvalue weighted by atomic mass is 10.1. The Morgan fingerprint density at radius 2 is 1.92 bits per heavy atom. The average Bonchev–Trinajstić information content (AvgIpc) is 3.02. The number of hydrogen-bond acceptors (Lipinski definition) is 3. The minimum Gasteiger partial charge on any atom is -0.454 e. The van der Waals surface area contributed by atoms with E-state index in [1.54, 1.807) is 17.1 Å². The monoisotopic (exact) mass is 323 g/mol. The fraction of sp³-hybridized carbons (Fsp3) is 0.250. The Bertz CT molecular complexity index is 795. The molecule has 124 valence electrons. The van der Waals surface area contributed by atoms with Crippen molar-refractivity contribution in [2.45, 2.75) is 20.4 Å². The summed E-state index contributed by atoms with van der Waals surface area (Å²) in [6.07, 6.45) is 3.38. The highest BCUT2D eigenvalue weighted by Gasteiger charge is 2.13. The first-order valence-corrected chi connectivity index (χ1v) is 7.92. The molecule has 0 aromatic heterocycles. The minimum absolute atomic E-state index is 0.0346. The van der Waals surface area contributed by atoms with E-state index in [-0.39, 0.29) is 12.7 Å². The molecule has 0 saturated heterocycles. The molecule has 2 aromatic carbocycles. The van der Waals surface area contributed by atoms with Gasteiger partial charge in [0.2, 0.25) is 12.7 Å². The largest absolute Gasteiger partial charge is 0.454 e. The highest BCUT2D eigenvalue weighted by Crippen LogP contribution is 2.32. The lowest BCUT2D eigenvalue weighted by Crippen LogP contribution is -2.24. The van der Waals surface area contributed by atoms with Crippen molar-refractivity contribution in [3.63, 3.8) is 0 Å². The van der Waals surface area contributed by atoms with Gasteiger partial charge in [-0.05, 0) is 48.7 Å². The number of benzene rings is 2. The highest BCUT2D eigenvalue weighted by molar-refractivity contribution is 5.91. The molecule has 0 aliphatic carbocycles. The van der Waals surface area contributed by atoms with Gasteiger partial charge in [-0.3, -0.25) is 4.79 Å². The normalized spacial score (nSPS) is 12.6. The van der Waals surface area contributed by atoms with Crippen molar-refractivity contribution in [3.8, 4) is 11.5 Å². The van der Waals surface area contributed by atoms with Gasteiger partial charge in [0.1, 0.15) is 0 Å². The van der Waals surface area contributed by atoms with Crippen molar-refractivity contribution in [1.82, 2.24) is 4.90 Å². The van der Waals surface area contributed by atoms with Crippen molar-refractivity contribution in [2.24, 2.45) is 0 Å². The summed E-state index contributed by atoms with van der Waals surface area (Å²) in [6, 6.07) is 11.9. The van der Waals surface area contributed by atoms with Crippen LogP contribution in [-0.2, 0) is 11.3 Å². The molecular weight excluding hydrogens is 302 g/mol. The van der Waals surface area contributed by atoms with E-state index in [4.69, 9.17) is 9.47 Å². The molecule has 4 nitrogen and oxygen atoms in total. The number of aryl methyl sites for hydroxylation is 2. The second-order valence-corrected chi connectivity index (χ2v) is 6.07. The van der Waals surface area contributed by atoms with Gasteiger partial charge < -0.3 is 14.4 Å². The van der Waals surface area contributed by atoms with Gasteiger partial charge in [0.05, 0.1) is 0 Å². The Morgan fingerprint density at radius 1 is 1.12 bits per heavy atom. The van der Waals surface area contributed by atoms with Gasteiger partial charge in [-0.25, -0.2) is 0 Å². The smallest absolute Gasteiger partial charge is 0.246 e. The zero-order chi connectivity index (χ0) is 17.1. The predicted molar refractivity (Wildman–Crippen MR) is 94.0 cm³/mol. The van der Waals surface area contributed by atoms with E-state index >= 15 is 0 Å². The first kappa shape index (κ1) is 16.1. The molecule has 1 aliphatic heterocycles. The zero-order valence-electron chi connectivity index (χ0n) is 14.2. The third kappa shape index (κ3) is 3.59. The van der Waals surface area contributed by atoms with Crippen LogP contribution in [0, 0.1) is 13.8 Å². The van der Waals surface area contributed by atoms with Crippen molar-refractivity contribution >= 4 is 12.0 Å². The lowest BCUT2D eigenvalue weighted by molar-refractivity contribution is -0.125. The quantitative estimate of drug-likeness (QED) is 0.805. The predicted octanol–water partition coefficient (Wildman–Crippen LogP) is 3.70. The van der Waals surface area contributed by atoms with Crippen LogP contribution >= 0.6 is 0 Å². The molecule has 0 spiro atoms. The number of rotatable bonds is 4. The van der Waals surface area contributed by atoms with Crippen LogP contribution in [0.3, 0.4) is 0 Å². The molecule has 1 aliphatic rings. The first-order chi connectivity index (χ1) is 11.5. The summed E-state index contributed by atoms with van der Waals surface area (Å²) in [6.45, 7) is 4.99. The molecule has 24 heavy (non-hydrogen) atoms. The van der Waals surface area contributed by atoms with Crippen LogP contribution in [0.2, 0.25) is 0 Å². The topological polar surface area (TPSA) is 38.8 Å². The van der Waals surface area contributed by atoms with E-state index in [1.807, 2.05) is 25.2 Å². The van der Waals surface area contributed by atoms with Gasteiger partial charge in [0.15, 0.2) is 11.5 Å². The number of ether oxygens (including phenoxy) is 2. The molecule has 4 heteroatoms. The summed E-state index contributed by atoms with van der Waals surface area (Å²) >= 11 is 0. The first-order valence-electron chi connectivity index (χ1n) is 7.92. The second-order valence-electron chi connectivity index (χ2n) is 6.07. The molecular formula is C20H21NO3. The van der Waals surface area contributed by atoms with Gasteiger partial charge in [0, 0.05) is 19.7 Å². The van der Waals surface area contributed by atoms with E-state index in [2.05, 4.69) is 32.0 Å². The number of likely N-dealkylation sites (N-methyl/N-ethyl adjacent to an activating group) is 1. The molecule has 1 heterocycles. The fourth-order valence-corrected chi connectivity index (χ4v) is 2.67. The molecule has 0 saturated carbocycles. The van der Waals surface area contributed by atoms with Crippen LogP contribution in [0.25, 0.3) is 6.08 Å². The molecule has 1 amide bonds. The summed E-state index contributed by atoms with van der Waals surface area (Å²) in [5.41, 5.74) is 4.50. The van der Waals surface area contributed by atoms with Crippen LogP contribution in [0.4, 0.5) is 0 Å². The van der Waals surface area contributed by atoms with Crippen molar-refractivity contribution in [3.05, 3.63) is 64.7 Å². The summed E-state index contributed by atoms with van der Waals surface area (Å²) in [7, 11) is 1.81. The standard InChI is InChI=1S/C20H21NO3/c1-14-4-7-17(15(2)10-14)12-21(3)20(22)9-6-16-5-8-18-19(11-16)24-13-23-18/h4-11H,12-13H2,1-3H3/b9-6+. The molecule has 0 atom stereocenters. The fourth-order valence-electron chi connectivity index (χ4n) is 2.67. The number of hydrogen-bond donors (Lipinski definition) is 0. The van der Waals surface area contributed by atoms with Crippen molar-refractivity contribution in [1.29, 1.82) is 0 Å². The van der Waals surface area contributed by atoms with E-state index < -0.39 is 0 Å². The summed E-state index contributed by atoms with van der Waals surface area (Å²) < 4.78 is 10.6. The molecule has 0 radical (unpaired) electrons. The maximum absolute atomic E-state index is 12.3. The Labute approximate surface area is 142 Å². The Morgan fingerprint density at radius 3 is 2.71 bits per heavy atom. The highest BCUT2D eigenvalue weighted by atomic mass is 16.7. The molecule has 2 aromatic rings. The number of carbonyl (C=O) groups excluding carboxylic acids is 1. The Hall–Kier alpha value is -2.75. The number of carbonyl (C=O) groups is 1. The van der Waals surface area contributed by atoms with Gasteiger partial charge in [-0.15, -0.1) is 0 Å². The van der Waals surface area contributed by atoms with Gasteiger partial charge in [-0.2, -0.15) is 0 Å². The van der Waals surface area contributed by atoms with Crippen LogP contribution in [0.5, 0.6) is 11.5 Å². The Balaban J connectivity index is 1.65. The van der Waals surface area contributed by atoms with Gasteiger partial charge in [-0.1, -0.05) is 29.8 Å². The number of amides is 1. The zero-order valence-corrected chi connectivity index (χ0v) is 14.2. The molecule has 0 unspecified atom stereocenters. The second kappa shape index (κ2) is 6.79. The number of nitrogens with zero attached hydrogens (tertiary/aromatic N) is 1. The molecule has 3 rings (SSSR count). The lowest BCUT2D eigenvalue weighted by Gasteiger charge is -2.17. The van der Waals surface area contributed by atoms with Gasteiger partial charge >= 0.3 is 0 Å². The summed E-state index contributed by atoms with van der Waals surface area (Å²) in [5.74, 6) is 1.42. The van der Waals surface area contributed by atoms with Crippen molar-refractivity contribution < 1.29 is 14.3 Å². The maximum Gasteiger partial charge on any atom is 0.246 e. The van der Waals surface area contributed by atoms with Crippen LogP contribution in [-0.4, -0.2) is 24.6 Å². The maximum atomic E-state index is 12.3. The van der Waals surface area contributed by atoms with Crippen LogP contribution < -0.4 is 9.47 Å². The van der Waals surface area contributed by atoms with Gasteiger partial charge in [0.25, 0.3) is 0 Å². The Kier molecular flexibility index (Phi) is 4.56. The molecule has 0 fully saturated rings. The van der Waals surface area contributed by atoms with E-state index in [0.717, 1.165) is 16.9 Å². The minimum atomic E-state index is -0.0346. The summed E-state index contributed by atoms with van der Waals surface area (Å²) in [5, 5.41) is 0. The third-order valence-electron chi connectivity index (χ3n) is 4.10. The number of fused-ring (bicyclic) bond motifs is 1. The van der Waals surface area contributed by atoms with Crippen LogP contribution in [0.15, 0.2) is 42.5 Å². The SMILES string of the molecule is Cc1ccc(CN(C)C(=O)/C=C/c2ccc3c(c2)OCO3)c(C)c1.